The Bertz CT molecular complexity index is 1100. The molecule has 0 unspecified atom stereocenters. The minimum atomic E-state index is -0.249. The van der Waals surface area contributed by atoms with Crippen LogP contribution < -0.4 is 0 Å². The predicted octanol–water partition coefficient (Wildman–Crippen LogP) is 6.44. The first-order valence-corrected chi connectivity index (χ1v) is 10.0. The maximum atomic E-state index is 11.2. The lowest BCUT2D eigenvalue weighted by molar-refractivity contribution is 0.458. The molecule has 30 heavy (non-hydrogen) atoms. The van der Waals surface area contributed by atoms with Gasteiger partial charge in [0.05, 0.1) is 0 Å². The fraction of sp³-hybridized carbons (Fsp3) is 0.308. The number of phenolic OH excluding ortho intramolecular Hbond substituents is 4. The highest BCUT2D eigenvalue weighted by atomic mass is 16.3. The van der Waals surface area contributed by atoms with Crippen LogP contribution in [-0.2, 0) is 10.8 Å². The average molecular weight is 407 g/mol. The molecular weight excluding hydrogens is 376 g/mol. The van der Waals surface area contributed by atoms with Gasteiger partial charge in [-0.1, -0.05) is 47.6 Å². The first kappa shape index (κ1) is 21.6. The van der Waals surface area contributed by atoms with E-state index in [0.29, 0.717) is 22.3 Å². The summed E-state index contributed by atoms with van der Waals surface area (Å²) in [5.74, 6) is -0.0593. The second-order valence-corrected chi connectivity index (χ2v) is 9.85. The summed E-state index contributed by atoms with van der Waals surface area (Å²) < 4.78 is 0. The normalized spacial score (nSPS) is 12.2. The van der Waals surface area contributed by atoms with Crippen molar-refractivity contribution in [3.63, 3.8) is 0 Å². The van der Waals surface area contributed by atoms with E-state index in [1.54, 1.807) is 6.07 Å². The Hall–Kier alpha value is -3.14. The van der Waals surface area contributed by atoms with Gasteiger partial charge < -0.3 is 20.4 Å². The van der Waals surface area contributed by atoms with Gasteiger partial charge in [0.15, 0.2) is 0 Å². The van der Waals surface area contributed by atoms with E-state index in [0.717, 1.165) is 11.1 Å². The van der Waals surface area contributed by atoms with E-state index in [4.69, 9.17) is 0 Å². The molecule has 0 bridgehead atoms. The molecule has 158 valence electrons. The van der Waals surface area contributed by atoms with Gasteiger partial charge in [-0.25, -0.2) is 0 Å². The summed E-state index contributed by atoms with van der Waals surface area (Å²) in [6.45, 7) is 12.4. The zero-order valence-corrected chi connectivity index (χ0v) is 18.4. The lowest BCUT2D eigenvalue weighted by atomic mass is 9.81. The van der Waals surface area contributed by atoms with Gasteiger partial charge in [0.2, 0.25) is 0 Å². The van der Waals surface area contributed by atoms with E-state index in [9.17, 15) is 20.4 Å². The highest BCUT2D eigenvalue weighted by molar-refractivity contribution is 5.87. The second kappa shape index (κ2) is 7.28. The van der Waals surface area contributed by atoms with E-state index in [1.165, 1.54) is 18.2 Å². The number of aromatic hydroxyl groups is 4. The zero-order valence-electron chi connectivity index (χ0n) is 18.4. The molecule has 0 fully saturated rings. The first-order valence-electron chi connectivity index (χ1n) is 10.0. The van der Waals surface area contributed by atoms with Gasteiger partial charge in [-0.15, -0.1) is 0 Å². The Morgan fingerprint density at radius 1 is 0.500 bits per heavy atom. The Kier molecular flexibility index (Phi) is 5.23. The molecule has 4 heteroatoms. The van der Waals surface area contributed by atoms with Gasteiger partial charge in [0.1, 0.15) is 23.0 Å². The molecule has 0 atom stereocenters. The van der Waals surface area contributed by atoms with E-state index in [1.807, 2.05) is 24.3 Å². The summed E-state index contributed by atoms with van der Waals surface area (Å²) in [7, 11) is 0. The second-order valence-electron chi connectivity index (χ2n) is 9.85. The standard InChI is InChI=1S/C26H30O4/c1-25(2,3)15-7-9-22(28)18(11-15)20-12-16(26(4,5)6)13-21(24(20)30)19-14-17(27)8-10-23(19)29/h7-14,27-30H,1-6H3. The molecule has 0 aliphatic heterocycles. The summed E-state index contributed by atoms with van der Waals surface area (Å²) in [6, 6.07) is 13.3. The smallest absolute Gasteiger partial charge is 0.131 e. The molecule has 4 nitrogen and oxygen atoms in total. The summed E-state index contributed by atoms with van der Waals surface area (Å²) in [4.78, 5) is 0. The maximum absolute atomic E-state index is 11.2. The number of hydrogen-bond acceptors (Lipinski definition) is 4. The number of rotatable bonds is 2. The largest absolute Gasteiger partial charge is 0.508 e. The molecule has 3 rings (SSSR count). The molecule has 4 N–H and O–H groups in total. The first-order chi connectivity index (χ1) is 13.8. The molecule has 0 saturated heterocycles. The highest BCUT2D eigenvalue weighted by Gasteiger charge is 2.24. The van der Waals surface area contributed by atoms with Crippen molar-refractivity contribution < 1.29 is 20.4 Å². The van der Waals surface area contributed by atoms with Gasteiger partial charge in [-0.2, -0.15) is 0 Å². The SMILES string of the molecule is CC(C)(C)c1ccc(O)c(-c2cc(C(C)(C)C)cc(-c3cc(O)ccc3O)c2O)c1. The van der Waals surface area contributed by atoms with Crippen LogP contribution in [0, 0.1) is 0 Å². The summed E-state index contributed by atoms with van der Waals surface area (Å²) in [5.41, 5.74) is 3.28. The average Bonchev–Trinajstić information content (AvgIpc) is 2.63. The topological polar surface area (TPSA) is 80.9 Å². The molecule has 0 heterocycles. The molecular formula is C26H30O4. The number of hydrogen-bond donors (Lipinski definition) is 4. The van der Waals surface area contributed by atoms with Gasteiger partial charge in [-0.05, 0) is 64.4 Å². The van der Waals surface area contributed by atoms with Crippen LogP contribution in [0.1, 0.15) is 52.7 Å². The molecule has 0 radical (unpaired) electrons. The van der Waals surface area contributed by atoms with Crippen molar-refractivity contribution in [1.82, 2.24) is 0 Å². The fourth-order valence-electron chi connectivity index (χ4n) is 3.44. The van der Waals surface area contributed by atoms with Gasteiger partial charge in [-0.3, -0.25) is 0 Å². The van der Waals surface area contributed by atoms with Crippen molar-refractivity contribution in [2.75, 3.05) is 0 Å². The highest BCUT2D eigenvalue weighted by Crippen LogP contribution is 2.47. The van der Waals surface area contributed by atoms with E-state index in [-0.39, 0.29) is 33.8 Å². The van der Waals surface area contributed by atoms with Gasteiger partial charge in [0.25, 0.3) is 0 Å². The third-order valence-electron chi connectivity index (χ3n) is 5.40. The lowest BCUT2D eigenvalue weighted by Crippen LogP contribution is -2.12. The van der Waals surface area contributed by atoms with Crippen molar-refractivity contribution in [1.29, 1.82) is 0 Å². The minimum absolute atomic E-state index is 0.0116. The fourth-order valence-corrected chi connectivity index (χ4v) is 3.44. The van der Waals surface area contributed by atoms with Crippen molar-refractivity contribution in [3.8, 4) is 45.3 Å². The Morgan fingerprint density at radius 2 is 0.933 bits per heavy atom. The Balaban J connectivity index is 2.38. The molecule has 3 aromatic rings. The van der Waals surface area contributed by atoms with Gasteiger partial charge >= 0.3 is 0 Å². The van der Waals surface area contributed by atoms with Crippen LogP contribution in [0.2, 0.25) is 0 Å². The quantitative estimate of drug-likeness (QED) is 0.369. The predicted molar refractivity (Wildman–Crippen MR) is 121 cm³/mol. The molecule has 0 saturated carbocycles. The number of phenols is 4. The van der Waals surface area contributed by atoms with Crippen LogP contribution in [0.3, 0.4) is 0 Å². The monoisotopic (exact) mass is 406 g/mol. The molecule has 0 aliphatic carbocycles. The summed E-state index contributed by atoms with van der Waals surface area (Å²) in [6.07, 6.45) is 0. The van der Waals surface area contributed by atoms with Gasteiger partial charge in [0, 0.05) is 22.3 Å². The van der Waals surface area contributed by atoms with E-state index >= 15 is 0 Å². The molecule has 0 aliphatic rings. The maximum Gasteiger partial charge on any atom is 0.131 e. The number of benzene rings is 3. The van der Waals surface area contributed by atoms with Crippen LogP contribution in [-0.4, -0.2) is 20.4 Å². The Morgan fingerprint density at radius 3 is 1.43 bits per heavy atom. The zero-order chi connectivity index (χ0) is 22.4. The third-order valence-corrected chi connectivity index (χ3v) is 5.40. The Labute approximate surface area is 178 Å². The van der Waals surface area contributed by atoms with E-state index < -0.39 is 0 Å². The van der Waals surface area contributed by atoms with Crippen LogP contribution in [0.15, 0.2) is 48.5 Å². The molecule has 3 aromatic carbocycles. The van der Waals surface area contributed by atoms with Crippen molar-refractivity contribution in [2.45, 2.75) is 52.4 Å². The van der Waals surface area contributed by atoms with Crippen LogP contribution in [0.4, 0.5) is 0 Å². The van der Waals surface area contributed by atoms with Crippen molar-refractivity contribution >= 4 is 0 Å². The lowest BCUT2D eigenvalue weighted by Gasteiger charge is -2.24. The molecule has 0 spiro atoms. The van der Waals surface area contributed by atoms with Crippen LogP contribution in [0.5, 0.6) is 23.0 Å². The summed E-state index contributed by atoms with van der Waals surface area (Å²) >= 11 is 0. The molecule has 0 amide bonds. The third kappa shape index (κ3) is 4.09. The van der Waals surface area contributed by atoms with Crippen molar-refractivity contribution in [3.05, 3.63) is 59.7 Å². The van der Waals surface area contributed by atoms with Crippen LogP contribution in [0.25, 0.3) is 22.3 Å². The van der Waals surface area contributed by atoms with E-state index in [2.05, 4.69) is 41.5 Å². The summed E-state index contributed by atoms with van der Waals surface area (Å²) in [5, 5.41) is 42.2. The minimum Gasteiger partial charge on any atom is -0.508 e. The van der Waals surface area contributed by atoms with Crippen molar-refractivity contribution in [2.24, 2.45) is 0 Å². The van der Waals surface area contributed by atoms with Crippen LogP contribution >= 0.6 is 0 Å². The molecule has 0 aromatic heterocycles.